The van der Waals surface area contributed by atoms with Gasteiger partial charge in [-0.25, -0.2) is 0 Å². The highest BCUT2D eigenvalue weighted by Gasteiger charge is 2.30. The summed E-state index contributed by atoms with van der Waals surface area (Å²) < 4.78 is 0. The first-order valence-corrected chi connectivity index (χ1v) is 6.69. The number of carboxylic acid groups (broad SMARTS) is 1. The van der Waals surface area contributed by atoms with Crippen molar-refractivity contribution in [3.63, 3.8) is 0 Å². The second-order valence-corrected chi connectivity index (χ2v) is 5.08. The van der Waals surface area contributed by atoms with Gasteiger partial charge in [-0.1, -0.05) is 30.3 Å². The van der Waals surface area contributed by atoms with Crippen molar-refractivity contribution in [3.8, 4) is 0 Å². The number of carboxylic acids is 1. The van der Waals surface area contributed by atoms with Gasteiger partial charge in [-0.15, -0.1) is 0 Å². The van der Waals surface area contributed by atoms with Gasteiger partial charge in [0.15, 0.2) is 0 Å². The van der Waals surface area contributed by atoms with Crippen LogP contribution >= 0.6 is 0 Å². The Hall–Kier alpha value is -1.35. The van der Waals surface area contributed by atoms with E-state index in [0.717, 1.165) is 19.5 Å². The lowest BCUT2D eigenvalue weighted by atomic mass is 9.93. The number of rotatable bonds is 5. The van der Waals surface area contributed by atoms with E-state index in [1.54, 1.807) is 0 Å². The van der Waals surface area contributed by atoms with Crippen molar-refractivity contribution in [2.45, 2.75) is 38.1 Å². The van der Waals surface area contributed by atoms with E-state index in [1.165, 1.54) is 12.0 Å². The molecule has 1 aliphatic rings. The minimum Gasteiger partial charge on any atom is -0.481 e. The molecule has 3 nitrogen and oxygen atoms in total. The fourth-order valence-electron chi connectivity index (χ4n) is 2.90. The predicted molar refractivity (Wildman–Crippen MR) is 71.7 cm³/mol. The molecule has 0 unspecified atom stereocenters. The Kier molecular flexibility index (Phi) is 4.37. The maximum Gasteiger partial charge on any atom is 0.303 e. The summed E-state index contributed by atoms with van der Waals surface area (Å²) >= 11 is 0. The molecule has 2 rings (SSSR count). The van der Waals surface area contributed by atoms with Gasteiger partial charge in [-0.2, -0.15) is 0 Å². The maximum absolute atomic E-state index is 10.5. The molecule has 3 heteroatoms. The first-order chi connectivity index (χ1) is 8.68. The molecule has 1 aliphatic heterocycles. The van der Waals surface area contributed by atoms with Crippen LogP contribution in [0.3, 0.4) is 0 Å². The van der Waals surface area contributed by atoms with Crippen molar-refractivity contribution in [2.24, 2.45) is 0 Å². The van der Waals surface area contributed by atoms with Crippen LogP contribution in [-0.2, 0) is 4.79 Å². The minimum atomic E-state index is -0.693. The average Bonchev–Trinajstić information content (AvgIpc) is 2.72. The van der Waals surface area contributed by atoms with Crippen LogP contribution in [0.1, 0.15) is 37.7 Å². The molecule has 2 atom stereocenters. The summed E-state index contributed by atoms with van der Waals surface area (Å²) in [5.74, 6) is -0.0995. The van der Waals surface area contributed by atoms with E-state index in [-0.39, 0.29) is 6.42 Å². The van der Waals surface area contributed by atoms with Gasteiger partial charge >= 0.3 is 5.97 Å². The normalized spacial score (nSPS) is 24.3. The summed E-state index contributed by atoms with van der Waals surface area (Å²) in [7, 11) is 0. The zero-order chi connectivity index (χ0) is 13.0. The molecular formula is C15H21NO2. The second kappa shape index (κ2) is 6.01. The third-order valence-corrected chi connectivity index (χ3v) is 3.95. The number of carbonyl (C=O) groups is 1. The fraction of sp³-hybridized carbons (Fsp3) is 0.533. The van der Waals surface area contributed by atoms with Crippen LogP contribution < -0.4 is 0 Å². The van der Waals surface area contributed by atoms with E-state index in [2.05, 4.69) is 36.1 Å². The number of benzene rings is 1. The zero-order valence-electron chi connectivity index (χ0n) is 10.9. The van der Waals surface area contributed by atoms with Crippen molar-refractivity contribution >= 4 is 5.97 Å². The van der Waals surface area contributed by atoms with Crippen LogP contribution in [0.25, 0.3) is 0 Å². The summed E-state index contributed by atoms with van der Waals surface area (Å²) in [5.41, 5.74) is 1.41. The Labute approximate surface area is 108 Å². The summed E-state index contributed by atoms with van der Waals surface area (Å²) in [5, 5.41) is 8.66. The van der Waals surface area contributed by atoms with Gasteiger partial charge in [0, 0.05) is 18.4 Å². The van der Waals surface area contributed by atoms with Gasteiger partial charge in [-0.05, 0) is 38.4 Å². The van der Waals surface area contributed by atoms with Crippen molar-refractivity contribution in [1.82, 2.24) is 4.90 Å². The summed E-state index contributed by atoms with van der Waals surface area (Å²) in [6.45, 7) is 4.24. The van der Waals surface area contributed by atoms with Crippen LogP contribution in [0.4, 0.5) is 0 Å². The van der Waals surface area contributed by atoms with Crippen LogP contribution in [-0.4, -0.2) is 35.1 Å². The summed E-state index contributed by atoms with van der Waals surface area (Å²) in [6.07, 6.45) is 2.21. The SMILES string of the molecule is C[C@H]1[C@@H](c2ccccc2)CCN1CCCC(=O)O. The van der Waals surface area contributed by atoms with E-state index in [4.69, 9.17) is 5.11 Å². The first kappa shape index (κ1) is 13.1. The number of nitrogens with zero attached hydrogens (tertiary/aromatic N) is 1. The Balaban J connectivity index is 1.89. The highest BCUT2D eigenvalue weighted by Crippen LogP contribution is 2.33. The lowest BCUT2D eigenvalue weighted by Gasteiger charge is -2.24. The molecule has 1 saturated heterocycles. The predicted octanol–water partition coefficient (Wildman–Crippen LogP) is 2.73. The maximum atomic E-state index is 10.5. The van der Waals surface area contributed by atoms with Crippen molar-refractivity contribution in [3.05, 3.63) is 35.9 Å². The zero-order valence-corrected chi connectivity index (χ0v) is 10.9. The van der Waals surface area contributed by atoms with Crippen LogP contribution in [0.2, 0.25) is 0 Å². The van der Waals surface area contributed by atoms with Gasteiger partial charge in [0.25, 0.3) is 0 Å². The standard InChI is InChI=1S/C15H21NO2/c1-12-14(13-6-3-2-4-7-13)9-11-16(12)10-5-8-15(17)18/h2-4,6-7,12,14H,5,8-11H2,1H3,(H,17,18)/t12-,14-/m0/s1. The first-order valence-electron chi connectivity index (χ1n) is 6.69. The summed E-state index contributed by atoms with van der Waals surface area (Å²) in [6, 6.07) is 11.1. The van der Waals surface area contributed by atoms with Crippen LogP contribution in [0.15, 0.2) is 30.3 Å². The molecule has 0 amide bonds. The largest absolute Gasteiger partial charge is 0.481 e. The van der Waals surface area contributed by atoms with Crippen molar-refractivity contribution in [2.75, 3.05) is 13.1 Å². The molecule has 0 saturated carbocycles. The molecular weight excluding hydrogens is 226 g/mol. The molecule has 0 aromatic heterocycles. The molecule has 1 aromatic rings. The number of hydrogen-bond donors (Lipinski definition) is 1. The number of aliphatic carboxylic acids is 1. The molecule has 98 valence electrons. The monoisotopic (exact) mass is 247 g/mol. The van der Waals surface area contributed by atoms with E-state index >= 15 is 0 Å². The van der Waals surface area contributed by atoms with Gasteiger partial charge in [0.05, 0.1) is 0 Å². The van der Waals surface area contributed by atoms with Crippen LogP contribution in [0, 0.1) is 0 Å². The smallest absolute Gasteiger partial charge is 0.303 e. The van der Waals surface area contributed by atoms with Gasteiger partial charge in [0.2, 0.25) is 0 Å². The van der Waals surface area contributed by atoms with E-state index < -0.39 is 5.97 Å². The molecule has 0 bridgehead atoms. The Bertz CT molecular complexity index is 391. The van der Waals surface area contributed by atoms with Gasteiger partial charge < -0.3 is 10.0 Å². The number of hydrogen-bond acceptors (Lipinski definition) is 2. The number of likely N-dealkylation sites (tertiary alicyclic amines) is 1. The lowest BCUT2D eigenvalue weighted by Crippen LogP contribution is -2.30. The van der Waals surface area contributed by atoms with Gasteiger partial charge in [0.1, 0.15) is 0 Å². The topological polar surface area (TPSA) is 40.5 Å². The molecule has 1 heterocycles. The molecule has 0 radical (unpaired) electrons. The van der Waals surface area contributed by atoms with Crippen molar-refractivity contribution in [1.29, 1.82) is 0 Å². The summed E-state index contributed by atoms with van der Waals surface area (Å²) in [4.78, 5) is 12.9. The average molecular weight is 247 g/mol. The van der Waals surface area contributed by atoms with E-state index in [0.29, 0.717) is 12.0 Å². The molecule has 1 N–H and O–H groups in total. The molecule has 0 spiro atoms. The van der Waals surface area contributed by atoms with Gasteiger partial charge in [-0.3, -0.25) is 4.79 Å². The molecule has 18 heavy (non-hydrogen) atoms. The second-order valence-electron chi connectivity index (χ2n) is 5.08. The lowest BCUT2D eigenvalue weighted by molar-refractivity contribution is -0.137. The highest BCUT2D eigenvalue weighted by atomic mass is 16.4. The molecule has 1 aromatic carbocycles. The van der Waals surface area contributed by atoms with Crippen molar-refractivity contribution < 1.29 is 9.90 Å². The third-order valence-electron chi connectivity index (χ3n) is 3.95. The quantitative estimate of drug-likeness (QED) is 0.869. The third kappa shape index (κ3) is 3.10. The Morgan fingerprint density at radius 2 is 2.11 bits per heavy atom. The van der Waals surface area contributed by atoms with E-state index in [1.807, 2.05) is 6.07 Å². The fourth-order valence-corrected chi connectivity index (χ4v) is 2.90. The van der Waals surface area contributed by atoms with E-state index in [9.17, 15) is 4.79 Å². The Morgan fingerprint density at radius 3 is 2.78 bits per heavy atom. The molecule has 0 aliphatic carbocycles. The van der Waals surface area contributed by atoms with Crippen LogP contribution in [0.5, 0.6) is 0 Å². The minimum absolute atomic E-state index is 0.277. The Morgan fingerprint density at radius 1 is 1.39 bits per heavy atom. The highest BCUT2D eigenvalue weighted by molar-refractivity contribution is 5.66. The molecule has 1 fully saturated rings.